The number of ether oxygens (including phenoxy) is 2. The Morgan fingerprint density at radius 1 is 1.23 bits per heavy atom. The van der Waals surface area contributed by atoms with Crippen LogP contribution in [-0.4, -0.2) is 44.4 Å². The maximum Gasteiger partial charge on any atom is 0.328 e. The second-order valence-electron chi connectivity index (χ2n) is 5.53. The molecule has 1 N–H and O–H groups in total. The highest BCUT2D eigenvalue weighted by Crippen LogP contribution is 2.21. The second kappa shape index (κ2) is 11.4. The summed E-state index contributed by atoms with van der Waals surface area (Å²) in [6.07, 6.45) is 2.86. The van der Waals surface area contributed by atoms with Crippen LogP contribution < -0.4 is 5.32 Å². The van der Waals surface area contributed by atoms with Crippen molar-refractivity contribution in [3.8, 4) is 0 Å². The molecular weight excluding hydrogens is 406 g/mol. The van der Waals surface area contributed by atoms with Gasteiger partial charge in [0.25, 0.3) is 5.91 Å². The molecule has 0 aliphatic heterocycles. The average molecular weight is 428 g/mol. The average Bonchev–Trinajstić information content (AvgIpc) is 2.65. The molecule has 0 heterocycles. The molecule has 142 valence electrons. The van der Waals surface area contributed by atoms with Crippen molar-refractivity contribution in [3.05, 3.63) is 33.8 Å². The van der Waals surface area contributed by atoms with Gasteiger partial charge < -0.3 is 19.6 Å². The van der Waals surface area contributed by atoms with E-state index in [2.05, 4.69) is 30.7 Å². The summed E-state index contributed by atoms with van der Waals surface area (Å²) in [7, 11) is 2.46. The molecule has 0 saturated carbocycles. The lowest BCUT2D eigenvalue weighted by Crippen LogP contribution is -2.41. The highest BCUT2D eigenvalue weighted by molar-refractivity contribution is 9.10. The number of unbranched alkanes of at least 4 members (excludes halogenated alkanes) is 1. The second-order valence-corrected chi connectivity index (χ2v) is 6.38. The molecule has 1 aromatic carbocycles. The fourth-order valence-electron chi connectivity index (χ4n) is 2.26. The molecule has 0 fully saturated rings. The molecule has 7 nitrogen and oxygen atoms in total. The van der Waals surface area contributed by atoms with E-state index in [1.807, 2.05) is 0 Å². The summed E-state index contributed by atoms with van der Waals surface area (Å²) in [6, 6.07) is 4.15. The van der Waals surface area contributed by atoms with E-state index in [-0.39, 0.29) is 12.8 Å². The zero-order valence-electron chi connectivity index (χ0n) is 14.7. The molecule has 0 aromatic heterocycles. The number of aldehydes is 1. The molecule has 8 heteroatoms. The zero-order valence-corrected chi connectivity index (χ0v) is 16.3. The van der Waals surface area contributed by atoms with Gasteiger partial charge in [0.2, 0.25) is 0 Å². The van der Waals surface area contributed by atoms with E-state index in [1.165, 1.54) is 14.2 Å². The Kier molecular flexibility index (Phi) is 9.57. The van der Waals surface area contributed by atoms with Crippen molar-refractivity contribution in [2.75, 3.05) is 14.2 Å². The van der Waals surface area contributed by atoms with Gasteiger partial charge in [-0.25, -0.2) is 4.79 Å². The number of amides is 1. The smallest absolute Gasteiger partial charge is 0.328 e. The molecule has 1 atom stereocenters. The summed E-state index contributed by atoms with van der Waals surface area (Å²) in [5.41, 5.74) is 1.35. The molecule has 0 radical (unpaired) electrons. The van der Waals surface area contributed by atoms with E-state index in [4.69, 9.17) is 0 Å². The van der Waals surface area contributed by atoms with Gasteiger partial charge in [0, 0.05) is 22.9 Å². The van der Waals surface area contributed by atoms with Crippen LogP contribution in [0.2, 0.25) is 0 Å². The Bertz CT molecular complexity index is 661. The lowest BCUT2D eigenvalue weighted by atomic mass is 10.1. The van der Waals surface area contributed by atoms with Crippen LogP contribution in [0, 0.1) is 0 Å². The molecule has 0 aliphatic rings. The molecule has 1 aromatic rings. The van der Waals surface area contributed by atoms with Crippen molar-refractivity contribution >= 4 is 40.1 Å². The molecule has 0 spiro atoms. The summed E-state index contributed by atoms with van der Waals surface area (Å²) in [5.74, 6) is -1.56. The third kappa shape index (κ3) is 6.95. The highest BCUT2D eigenvalue weighted by Gasteiger charge is 2.23. The predicted molar refractivity (Wildman–Crippen MR) is 97.7 cm³/mol. The number of hydrogen-bond acceptors (Lipinski definition) is 6. The van der Waals surface area contributed by atoms with Crippen LogP contribution in [0.3, 0.4) is 0 Å². The van der Waals surface area contributed by atoms with Crippen LogP contribution >= 0.6 is 15.9 Å². The van der Waals surface area contributed by atoms with Crippen molar-refractivity contribution < 1.29 is 28.7 Å². The van der Waals surface area contributed by atoms with Crippen LogP contribution in [0.1, 0.15) is 41.6 Å². The molecule has 0 bridgehead atoms. The van der Waals surface area contributed by atoms with Crippen molar-refractivity contribution in [1.82, 2.24) is 5.32 Å². The minimum atomic E-state index is -0.947. The lowest BCUT2D eigenvalue weighted by Gasteiger charge is -2.16. The zero-order chi connectivity index (χ0) is 19.5. The number of esters is 2. The Balaban J connectivity index is 2.78. The predicted octanol–water partition coefficient (Wildman–Crippen LogP) is 2.20. The number of carbonyl (C=O) groups excluding carboxylic acids is 4. The quantitative estimate of drug-likeness (QED) is 0.349. The van der Waals surface area contributed by atoms with Gasteiger partial charge in [-0.3, -0.25) is 9.59 Å². The lowest BCUT2D eigenvalue weighted by molar-refractivity contribution is -0.144. The largest absolute Gasteiger partial charge is 0.469 e. The fourth-order valence-corrected chi connectivity index (χ4v) is 2.84. The first-order valence-corrected chi connectivity index (χ1v) is 8.89. The number of hydrogen-bond donors (Lipinski definition) is 1. The van der Waals surface area contributed by atoms with Gasteiger partial charge in [0.1, 0.15) is 12.3 Å². The van der Waals surface area contributed by atoms with E-state index in [1.54, 1.807) is 18.2 Å². The number of halogens is 1. The summed E-state index contributed by atoms with van der Waals surface area (Å²) in [6.45, 7) is 0. The van der Waals surface area contributed by atoms with Crippen molar-refractivity contribution in [2.24, 2.45) is 0 Å². The monoisotopic (exact) mass is 427 g/mol. The molecule has 26 heavy (non-hydrogen) atoms. The van der Waals surface area contributed by atoms with Gasteiger partial charge in [-0.05, 0) is 37.0 Å². The number of nitrogens with one attached hydrogen (secondary N) is 1. The maximum absolute atomic E-state index is 12.4. The van der Waals surface area contributed by atoms with E-state index in [9.17, 15) is 19.2 Å². The first-order valence-electron chi connectivity index (χ1n) is 8.10. The van der Waals surface area contributed by atoms with Crippen molar-refractivity contribution in [3.63, 3.8) is 0 Å². The van der Waals surface area contributed by atoms with Gasteiger partial charge in [0.05, 0.1) is 14.2 Å². The first-order chi connectivity index (χ1) is 12.4. The van der Waals surface area contributed by atoms with Gasteiger partial charge in [0.15, 0.2) is 0 Å². The van der Waals surface area contributed by atoms with Crippen LogP contribution in [0.15, 0.2) is 22.7 Å². The Morgan fingerprint density at radius 3 is 2.54 bits per heavy atom. The third-order valence-electron chi connectivity index (χ3n) is 3.74. The number of benzene rings is 1. The van der Waals surface area contributed by atoms with Crippen LogP contribution in [0.25, 0.3) is 0 Å². The third-order valence-corrected chi connectivity index (χ3v) is 4.48. The summed E-state index contributed by atoms with van der Waals surface area (Å²) < 4.78 is 9.96. The summed E-state index contributed by atoms with van der Waals surface area (Å²) in [4.78, 5) is 45.9. The molecule has 0 saturated heterocycles. The number of methoxy groups -OCH3 is 2. The normalized spacial score (nSPS) is 11.3. The van der Waals surface area contributed by atoms with E-state index in [0.717, 1.165) is 22.7 Å². The Hall–Kier alpha value is -2.22. The molecule has 1 amide bonds. The molecule has 1 rings (SSSR count). The minimum absolute atomic E-state index is 0.0179. The molecular formula is C18H22BrNO6. The number of rotatable bonds is 10. The Morgan fingerprint density at radius 2 is 1.96 bits per heavy atom. The highest BCUT2D eigenvalue weighted by atomic mass is 79.9. The van der Waals surface area contributed by atoms with E-state index < -0.39 is 23.9 Å². The van der Waals surface area contributed by atoms with Crippen molar-refractivity contribution in [2.45, 2.75) is 38.1 Å². The summed E-state index contributed by atoms with van der Waals surface area (Å²) >= 11 is 3.41. The van der Waals surface area contributed by atoms with E-state index in [0.29, 0.717) is 18.4 Å². The molecule has 0 unspecified atom stereocenters. The SMILES string of the molecule is COC(=O)CC[C@H](NC(=O)c1ccc(CCCC=O)c(Br)c1)C(=O)OC. The Labute approximate surface area is 160 Å². The van der Waals surface area contributed by atoms with Gasteiger partial charge in [-0.1, -0.05) is 22.0 Å². The first kappa shape index (κ1) is 21.8. The minimum Gasteiger partial charge on any atom is -0.469 e. The van der Waals surface area contributed by atoms with Crippen LogP contribution in [0.4, 0.5) is 0 Å². The van der Waals surface area contributed by atoms with E-state index >= 15 is 0 Å². The van der Waals surface area contributed by atoms with Crippen molar-refractivity contribution in [1.29, 1.82) is 0 Å². The van der Waals surface area contributed by atoms with Gasteiger partial charge in [-0.2, -0.15) is 0 Å². The van der Waals surface area contributed by atoms with Crippen LogP contribution in [-0.2, 0) is 30.3 Å². The standard InChI is InChI=1S/C18H22BrNO6/c1-25-16(22)9-8-15(18(24)26-2)20-17(23)13-7-6-12(14(19)11-13)5-3-4-10-21/h6-7,10-11,15H,3-5,8-9H2,1-2H3,(H,20,23)/t15-/m0/s1. The van der Waals surface area contributed by atoms with Gasteiger partial charge in [-0.15, -0.1) is 0 Å². The van der Waals surface area contributed by atoms with Gasteiger partial charge >= 0.3 is 11.9 Å². The number of aryl methyl sites for hydroxylation is 1. The van der Waals surface area contributed by atoms with Crippen LogP contribution in [0.5, 0.6) is 0 Å². The molecule has 0 aliphatic carbocycles. The summed E-state index contributed by atoms with van der Waals surface area (Å²) in [5, 5.41) is 2.57. The topological polar surface area (TPSA) is 98.8 Å². The number of carbonyl (C=O) groups is 4. The maximum atomic E-state index is 12.4. The fraction of sp³-hybridized carbons (Fsp3) is 0.444.